The first-order valence-corrected chi connectivity index (χ1v) is 5.90. The maximum atomic E-state index is 11.8. The van der Waals surface area contributed by atoms with Crippen LogP contribution in [0, 0.1) is 13.8 Å². The maximum Gasteiger partial charge on any atom is 0.286 e. The first-order chi connectivity index (χ1) is 7.24. The number of rotatable bonds is 2. The predicted octanol–water partition coefficient (Wildman–Crippen LogP) is -0.152. The third kappa shape index (κ3) is 2.43. The predicted molar refractivity (Wildman–Crippen MR) is 63.3 cm³/mol. The maximum absolute atomic E-state index is 11.8. The van der Waals surface area contributed by atoms with Crippen molar-refractivity contribution in [2.45, 2.75) is 18.7 Å². The van der Waals surface area contributed by atoms with Crippen LogP contribution in [-0.4, -0.2) is 14.4 Å². The second-order valence-electron chi connectivity index (χ2n) is 3.48. The van der Waals surface area contributed by atoms with E-state index in [1.165, 1.54) is 0 Å². The molecule has 0 aromatic heterocycles. The van der Waals surface area contributed by atoms with Crippen molar-refractivity contribution in [3.05, 3.63) is 23.3 Å². The molecule has 16 heavy (non-hydrogen) atoms. The fourth-order valence-electron chi connectivity index (χ4n) is 1.58. The normalized spacial score (nSPS) is 11.1. The summed E-state index contributed by atoms with van der Waals surface area (Å²) in [5.41, 5.74) is 17.3. The summed E-state index contributed by atoms with van der Waals surface area (Å²) < 4.78 is 26.8. The molecule has 0 fully saturated rings. The molecule has 88 valence electrons. The fraction of sp³-hybridized carbons (Fsp3) is 0.222. The van der Waals surface area contributed by atoms with Gasteiger partial charge in [-0.2, -0.15) is 8.42 Å². The van der Waals surface area contributed by atoms with E-state index in [2.05, 4.69) is 4.40 Å². The van der Waals surface area contributed by atoms with Gasteiger partial charge in [-0.3, -0.25) is 0 Å². The highest BCUT2D eigenvalue weighted by atomic mass is 32.2. The molecule has 0 unspecified atom stereocenters. The van der Waals surface area contributed by atoms with Crippen LogP contribution in [0.4, 0.5) is 5.69 Å². The summed E-state index contributed by atoms with van der Waals surface area (Å²) in [7, 11) is -3.86. The topological polar surface area (TPSA) is 125 Å². The van der Waals surface area contributed by atoms with Crippen LogP contribution in [0.25, 0.3) is 0 Å². The smallest absolute Gasteiger partial charge is 0.286 e. The van der Waals surface area contributed by atoms with Gasteiger partial charge in [0.15, 0.2) is 0 Å². The summed E-state index contributed by atoms with van der Waals surface area (Å²) in [6.07, 6.45) is 0. The molecule has 0 spiro atoms. The highest BCUT2D eigenvalue weighted by Gasteiger charge is 2.19. The lowest BCUT2D eigenvalue weighted by Gasteiger charge is -2.08. The van der Waals surface area contributed by atoms with E-state index in [9.17, 15) is 8.42 Å². The fourth-order valence-corrected chi connectivity index (χ4v) is 2.88. The molecule has 0 atom stereocenters. The standard InChI is InChI=1S/C9H14N4O2S/c1-5-3-7(10)4-6(2)8(5)16(14,15)13-9(11)12/h3-4H,10H2,1-2H3,(H4,11,12,13). The molecule has 0 radical (unpaired) electrons. The lowest BCUT2D eigenvalue weighted by Crippen LogP contribution is -2.24. The average molecular weight is 242 g/mol. The Morgan fingerprint density at radius 2 is 1.62 bits per heavy atom. The van der Waals surface area contributed by atoms with Gasteiger partial charge in [-0.15, -0.1) is 4.40 Å². The molecule has 6 nitrogen and oxygen atoms in total. The number of nitrogen functional groups attached to an aromatic ring is 1. The van der Waals surface area contributed by atoms with E-state index in [0.717, 1.165) is 0 Å². The van der Waals surface area contributed by atoms with Gasteiger partial charge in [0.05, 0.1) is 4.90 Å². The zero-order valence-electron chi connectivity index (χ0n) is 9.06. The highest BCUT2D eigenvalue weighted by molar-refractivity contribution is 7.90. The van der Waals surface area contributed by atoms with E-state index >= 15 is 0 Å². The highest BCUT2D eigenvalue weighted by Crippen LogP contribution is 2.24. The summed E-state index contributed by atoms with van der Waals surface area (Å²) in [4.78, 5) is 0.0927. The number of sulfonamides is 1. The third-order valence-corrected chi connectivity index (χ3v) is 3.58. The minimum atomic E-state index is -3.86. The number of hydrogen-bond acceptors (Lipinski definition) is 3. The molecule has 0 heterocycles. The van der Waals surface area contributed by atoms with Crippen molar-refractivity contribution in [1.82, 2.24) is 0 Å². The van der Waals surface area contributed by atoms with Crippen LogP contribution in [0.3, 0.4) is 0 Å². The Labute approximate surface area is 94.2 Å². The zero-order chi connectivity index (χ0) is 12.5. The lowest BCUT2D eigenvalue weighted by molar-refractivity contribution is 0.596. The summed E-state index contributed by atoms with van der Waals surface area (Å²) >= 11 is 0. The minimum Gasteiger partial charge on any atom is -0.399 e. The number of anilines is 1. The molecule has 0 aliphatic carbocycles. The van der Waals surface area contributed by atoms with Gasteiger partial charge in [-0.05, 0) is 37.1 Å². The van der Waals surface area contributed by atoms with E-state index in [1.807, 2.05) is 0 Å². The molecular weight excluding hydrogens is 228 g/mol. The van der Waals surface area contributed by atoms with Crippen LogP contribution < -0.4 is 17.2 Å². The van der Waals surface area contributed by atoms with E-state index in [-0.39, 0.29) is 4.90 Å². The van der Waals surface area contributed by atoms with Gasteiger partial charge >= 0.3 is 0 Å². The summed E-state index contributed by atoms with van der Waals surface area (Å²) in [5, 5.41) is 0. The van der Waals surface area contributed by atoms with Crippen LogP contribution in [0.1, 0.15) is 11.1 Å². The number of benzene rings is 1. The van der Waals surface area contributed by atoms with Gasteiger partial charge in [0.2, 0.25) is 5.96 Å². The Balaban J connectivity index is 3.52. The molecule has 0 saturated heterocycles. The molecule has 1 aromatic rings. The van der Waals surface area contributed by atoms with Gasteiger partial charge in [0, 0.05) is 5.69 Å². The Morgan fingerprint density at radius 3 is 2.00 bits per heavy atom. The summed E-state index contributed by atoms with van der Waals surface area (Å²) in [6.45, 7) is 3.27. The van der Waals surface area contributed by atoms with E-state index < -0.39 is 16.0 Å². The monoisotopic (exact) mass is 242 g/mol. The first kappa shape index (κ1) is 12.3. The third-order valence-electron chi connectivity index (χ3n) is 1.97. The Kier molecular flexibility index (Phi) is 3.09. The second-order valence-corrected chi connectivity index (χ2v) is 5.02. The number of aryl methyl sites for hydroxylation is 2. The van der Waals surface area contributed by atoms with Crippen LogP contribution in [-0.2, 0) is 10.0 Å². The van der Waals surface area contributed by atoms with Crippen molar-refractivity contribution in [1.29, 1.82) is 0 Å². The lowest BCUT2D eigenvalue weighted by atomic mass is 10.1. The van der Waals surface area contributed by atoms with Gasteiger partial charge in [-0.1, -0.05) is 0 Å². The number of hydrogen-bond donors (Lipinski definition) is 3. The van der Waals surface area contributed by atoms with Gasteiger partial charge in [-0.25, -0.2) is 0 Å². The molecule has 0 bridgehead atoms. The summed E-state index contributed by atoms with van der Waals surface area (Å²) in [6, 6.07) is 3.12. The van der Waals surface area contributed by atoms with Crippen molar-refractivity contribution in [2.24, 2.45) is 15.9 Å². The first-order valence-electron chi connectivity index (χ1n) is 4.46. The van der Waals surface area contributed by atoms with Crippen LogP contribution in [0.15, 0.2) is 21.4 Å². The second kappa shape index (κ2) is 4.01. The van der Waals surface area contributed by atoms with Gasteiger partial charge in [0.25, 0.3) is 10.0 Å². The molecule has 0 saturated carbocycles. The number of nitrogens with zero attached hydrogens (tertiary/aromatic N) is 1. The van der Waals surface area contributed by atoms with Gasteiger partial charge in [0.1, 0.15) is 0 Å². The average Bonchev–Trinajstić information content (AvgIpc) is 1.96. The molecule has 1 aromatic carbocycles. The Hall–Kier alpha value is -1.76. The van der Waals surface area contributed by atoms with E-state index in [1.54, 1.807) is 26.0 Å². The quantitative estimate of drug-likeness (QED) is 0.378. The zero-order valence-corrected chi connectivity index (χ0v) is 9.88. The van der Waals surface area contributed by atoms with Crippen molar-refractivity contribution in [2.75, 3.05) is 5.73 Å². The SMILES string of the molecule is Cc1cc(N)cc(C)c1S(=O)(=O)N=C(N)N. The number of nitrogens with two attached hydrogens (primary N) is 3. The van der Waals surface area contributed by atoms with Gasteiger partial charge < -0.3 is 17.2 Å². The Morgan fingerprint density at radius 1 is 1.19 bits per heavy atom. The van der Waals surface area contributed by atoms with Crippen molar-refractivity contribution < 1.29 is 8.42 Å². The largest absolute Gasteiger partial charge is 0.399 e. The molecule has 1 rings (SSSR count). The molecule has 7 heteroatoms. The van der Waals surface area contributed by atoms with E-state index in [4.69, 9.17) is 17.2 Å². The molecule has 6 N–H and O–H groups in total. The molecule has 0 aliphatic heterocycles. The van der Waals surface area contributed by atoms with E-state index in [0.29, 0.717) is 16.8 Å². The minimum absolute atomic E-state index is 0.0927. The molecular formula is C9H14N4O2S. The van der Waals surface area contributed by atoms with Crippen molar-refractivity contribution in [3.63, 3.8) is 0 Å². The van der Waals surface area contributed by atoms with Crippen LogP contribution >= 0.6 is 0 Å². The molecule has 0 amide bonds. The Bertz CT molecular complexity index is 522. The number of guanidine groups is 1. The van der Waals surface area contributed by atoms with Crippen LogP contribution in [0.5, 0.6) is 0 Å². The summed E-state index contributed by atoms with van der Waals surface area (Å²) in [5.74, 6) is -0.490. The van der Waals surface area contributed by atoms with Crippen LogP contribution in [0.2, 0.25) is 0 Å². The molecule has 0 aliphatic rings. The van der Waals surface area contributed by atoms with Crippen molar-refractivity contribution in [3.8, 4) is 0 Å². The van der Waals surface area contributed by atoms with Crippen molar-refractivity contribution >= 4 is 21.7 Å².